The van der Waals surface area contributed by atoms with Gasteiger partial charge >= 0.3 is 0 Å². The fraction of sp³-hybridized carbons (Fsp3) is 0.267. The van der Waals surface area contributed by atoms with Crippen molar-refractivity contribution >= 4 is 17.1 Å². The lowest BCUT2D eigenvalue weighted by atomic mass is 9.95. The molecule has 17 heavy (non-hydrogen) atoms. The molecule has 1 saturated carbocycles. The largest absolute Gasteiger partial charge is 0.497 e. The molecule has 1 aliphatic carbocycles. The van der Waals surface area contributed by atoms with Gasteiger partial charge in [-0.1, -0.05) is 24.3 Å². The van der Waals surface area contributed by atoms with Crippen LogP contribution in [-0.4, -0.2) is 13.4 Å². The number of aldehydes is 1. The number of carbonyl (C=O) groups is 1. The molecular formula is C15H14O2. The number of benzene rings is 2. The van der Waals surface area contributed by atoms with Gasteiger partial charge < -0.3 is 9.53 Å². The molecule has 0 N–H and O–H groups in total. The van der Waals surface area contributed by atoms with Crippen molar-refractivity contribution in [1.29, 1.82) is 0 Å². The van der Waals surface area contributed by atoms with Gasteiger partial charge in [0.2, 0.25) is 0 Å². The van der Waals surface area contributed by atoms with Crippen molar-refractivity contribution < 1.29 is 9.53 Å². The van der Waals surface area contributed by atoms with E-state index in [2.05, 4.69) is 18.2 Å². The van der Waals surface area contributed by atoms with Crippen molar-refractivity contribution in [3.8, 4) is 5.75 Å². The van der Waals surface area contributed by atoms with Crippen molar-refractivity contribution in [3.63, 3.8) is 0 Å². The van der Waals surface area contributed by atoms with E-state index in [9.17, 15) is 4.79 Å². The summed E-state index contributed by atoms with van der Waals surface area (Å²) in [5.41, 5.74) is 0.957. The van der Waals surface area contributed by atoms with Crippen LogP contribution >= 0.6 is 0 Å². The molecule has 2 aromatic rings. The van der Waals surface area contributed by atoms with Crippen molar-refractivity contribution in [2.75, 3.05) is 7.11 Å². The monoisotopic (exact) mass is 226 g/mol. The van der Waals surface area contributed by atoms with Crippen LogP contribution in [0.1, 0.15) is 18.4 Å². The summed E-state index contributed by atoms with van der Waals surface area (Å²) < 4.78 is 5.20. The van der Waals surface area contributed by atoms with Gasteiger partial charge in [0.1, 0.15) is 12.0 Å². The highest BCUT2D eigenvalue weighted by molar-refractivity contribution is 5.86. The smallest absolute Gasteiger partial charge is 0.130 e. The van der Waals surface area contributed by atoms with Crippen LogP contribution in [0, 0.1) is 0 Å². The van der Waals surface area contributed by atoms with Crippen LogP contribution in [0.15, 0.2) is 36.4 Å². The highest BCUT2D eigenvalue weighted by Gasteiger charge is 2.44. The molecule has 0 atom stereocenters. The Kier molecular flexibility index (Phi) is 2.18. The van der Waals surface area contributed by atoms with Crippen molar-refractivity contribution in [2.24, 2.45) is 0 Å². The second kappa shape index (κ2) is 3.59. The van der Waals surface area contributed by atoms with E-state index in [1.54, 1.807) is 7.11 Å². The van der Waals surface area contributed by atoms with Crippen LogP contribution in [0.2, 0.25) is 0 Å². The molecule has 0 aliphatic heterocycles. The number of rotatable bonds is 3. The Bertz CT molecular complexity index is 582. The fourth-order valence-corrected chi connectivity index (χ4v) is 2.27. The van der Waals surface area contributed by atoms with E-state index in [-0.39, 0.29) is 5.41 Å². The Labute approximate surface area is 100 Å². The summed E-state index contributed by atoms with van der Waals surface area (Å²) in [4.78, 5) is 11.1. The molecule has 0 amide bonds. The van der Waals surface area contributed by atoms with E-state index in [0.29, 0.717) is 0 Å². The third kappa shape index (κ3) is 1.60. The van der Waals surface area contributed by atoms with E-state index in [0.717, 1.165) is 41.2 Å². The number of hydrogen-bond acceptors (Lipinski definition) is 2. The number of carbonyl (C=O) groups excluding carboxylic acids is 1. The first kappa shape index (κ1) is 10.3. The number of hydrogen-bond donors (Lipinski definition) is 0. The molecule has 0 radical (unpaired) electrons. The first-order valence-electron chi connectivity index (χ1n) is 5.82. The Morgan fingerprint density at radius 3 is 2.47 bits per heavy atom. The first-order valence-corrected chi connectivity index (χ1v) is 5.82. The maximum Gasteiger partial charge on any atom is 0.130 e. The molecule has 2 heteroatoms. The molecule has 0 unspecified atom stereocenters. The molecule has 2 nitrogen and oxygen atoms in total. The standard InChI is InChI=1S/C15H14O2/c1-17-14-5-3-11-8-13(4-2-12(11)9-14)15(10-16)6-7-15/h2-5,8-10H,6-7H2,1H3. The van der Waals surface area contributed by atoms with Gasteiger partial charge in [0.05, 0.1) is 12.5 Å². The maximum atomic E-state index is 11.1. The molecule has 0 saturated heterocycles. The summed E-state index contributed by atoms with van der Waals surface area (Å²) >= 11 is 0. The predicted octanol–water partition coefficient (Wildman–Crippen LogP) is 3.08. The molecule has 1 aliphatic rings. The minimum atomic E-state index is -0.186. The zero-order valence-electron chi connectivity index (χ0n) is 9.77. The summed E-state index contributed by atoms with van der Waals surface area (Å²) in [7, 11) is 1.67. The topological polar surface area (TPSA) is 26.3 Å². The van der Waals surface area contributed by atoms with Gasteiger partial charge in [0.25, 0.3) is 0 Å². The maximum absolute atomic E-state index is 11.1. The van der Waals surface area contributed by atoms with E-state index in [1.165, 1.54) is 0 Å². The predicted molar refractivity (Wildman–Crippen MR) is 67.5 cm³/mol. The second-order valence-corrected chi connectivity index (χ2v) is 4.70. The van der Waals surface area contributed by atoms with E-state index in [1.807, 2.05) is 18.2 Å². The molecule has 0 bridgehead atoms. The van der Waals surface area contributed by atoms with Crippen LogP contribution in [-0.2, 0) is 10.2 Å². The van der Waals surface area contributed by atoms with Crippen LogP contribution in [0.5, 0.6) is 5.75 Å². The van der Waals surface area contributed by atoms with Gasteiger partial charge in [0, 0.05) is 0 Å². The summed E-state index contributed by atoms with van der Waals surface area (Å²) in [6.07, 6.45) is 3.06. The third-order valence-electron chi connectivity index (χ3n) is 3.64. The lowest BCUT2D eigenvalue weighted by molar-refractivity contribution is -0.109. The van der Waals surface area contributed by atoms with Gasteiger partial charge in [-0.3, -0.25) is 0 Å². The molecule has 0 heterocycles. The lowest BCUT2D eigenvalue weighted by Crippen LogP contribution is -2.07. The zero-order valence-corrected chi connectivity index (χ0v) is 9.77. The third-order valence-corrected chi connectivity index (χ3v) is 3.64. The SMILES string of the molecule is COc1ccc2cc(C3(C=O)CC3)ccc2c1. The number of ether oxygens (including phenoxy) is 1. The second-order valence-electron chi connectivity index (χ2n) is 4.70. The summed E-state index contributed by atoms with van der Waals surface area (Å²) in [5, 5.41) is 2.31. The average Bonchev–Trinajstić information content (AvgIpc) is 3.18. The number of fused-ring (bicyclic) bond motifs is 1. The Hall–Kier alpha value is -1.83. The average molecular weight is 226 g/mol. The molecular weight excluding hydrogens is 212 g/mol. The first-order chi connectivity index (χ1) is 8.27. The van der Waals surface area contributed by atoms with Crippen molar-refractivity contribution in [3.05, 3.63) is 42.0 Å². The summed E-state index contributed by atoms with van der Waals surface area (Å²) in [5.74, 6) is 0.863. The molecule has 3 rings (SSSR count). The van der Waals surface area contributed by atoms with Crippen LogP contribution < -0.4 is 4.74 Å². The van der Waals surface area contributed by atoms with E-state index in [4.69, 9.17) is 4.74 Å². The number of methoxy groups -OCH3 is 1. The van der Waals surface area contributed by atoms with Crippen molar-refractivity contribution in [1.82, 2.24) is 0 Å². The van der Waals surface area contributed by atoms with Crippen molar-refractivity contribution in [2.45, 2.75) is 18.3 Å². The molecule has 2 aromatic carbocycles. The quantitative estimate of drug-likeness (QED) is 0.752. The Balaban J connectivity index is 2.11. The fourth-order valence-electron chi connectivity index (χ4n) is 2.27. The highest BCUT2D eigenvalue weighted by Crippen LogP contribution is 2.46. The minimum absolute atomic E-state index is 0.186. The van der Waals surface area contributed by atoms with Gasteiger partial charge in [-0.25, -0.2) is 0 Å². The zero-order chi connectivity index (χ0) is 11.9. The Morgan fingerprint density at radius 2 is 1.82 bits per heavy atom. The molecule has 0 aromatic heterocycles. The normalized spacial score (nSPS) is 16.8. The van der Waals surface area contributed by atoms with Crippen LogP contribution in [0.3, 0.4) is 0 Å². The summed E-state index contributed by atoms with van der Waals surface area (Å²) in [6.45, 7) is 0. The summed E-state index contributed by atoms with van der Waals surface area (Å²) in [6, 6.07) is 12.3. The molecule has 0 spiro atoms. The van der Waals surface area contributed by atoms with Crippen LogP contribution in [0.4, 0.5) is 0 Å². The minimum Gasteiger partial charge on any atom is -0.497 e. The van der Waals surface area contributed by atoms with Gasteiger partial charge in [-0.2, -0.15) is 0 Å². The van der Waals surface area contributed by atoms with E-state index < -0.39 is 0 Å². The van der Waals surface area contributed by atoms with Crippen LogP contribution in [0.25, 0.3) is 10.8 Å². The lowest BCUT2D eigenvalue weighted by Gasteiger charge is -2.09. The Morgan fingerprint density at radius 1 is 1.12 bits per heavy atom. The highest BCUT2D eigenvalue weighted by atomic mass is 16.5. The van der Waals surface area contributed by atoms with Gasteiger partial charge in [0.15, 0.2) is 0 Å². The molecule has 1 fully saturated rings. The van der Waals surface area contributed by atoms with E-state index >= 15 is 0 Å². The van der Waals surface area contributed by atoms with Gasteiger partial charge in [-0.05, 0) is 41.3 Å². The van der Waals surface area contributed by atoms with Gasteiger partial charge in [-0.15, -0.1) is 0 Å². The molecule has 86 valence electrons.